The summed E-state index contributed by atoms with van der Waals surface area (Å²) < 4.78 is 21.1. The van der Waals surface area contributed by atoms with E-state index in [0.717, 1.165) is 19.3 Å². The molecule has 0 aliphatic heterocycles. The molecule has 1 saturated carbocycles. The van der Waals surface area contributed by atoms with Crippen LogP contribution in [0, 0.1) is 11.2 Å². The lowest BCUT2D eigenvalue weighted by Gasteiger charge is -2.35. The number of carbonyl (C=O) groups excluding carboxylic acids is 1. The van der Waals surface area contributed by atoms with Crippen LogP contribution >= 0.6 is 0 Å². The summed E-state index contributed by atoms with van der Waals surface area (Å²) in [6.07, 6.45) is 7.30. The summed E-state index contributed by atoms with van der Waals surface area (Å²) in [5, 5.41) is 3.67. The van der Waals surface area contributed by atoms with E-state index < -0.39 is 5.82 Å². The fraction of sp³-hybridized carbons (Fsp3) is 0.348. The van der Waals surface area contributed by atoms with Crippen LogP contribution < -0.4 is 10.1 Å². The van der Waals surface area contributed by atoms with Crippen molar-refractivity contribution in [3.05, 3.63) is 60.3 Å². The maximum Gasteiger partial charge on any atom is 0.274 e. The van der Waals surface area contributed by atoms with Gasteiger partial charge in [0.2, 0.25) is 5.88 Å². The van der Waals surface area contributed by atoms with Crippen LogP contribution in [0.1, 0.15) is 50.0 Å². The van der Waals surface area contributed by atoms with Crippen LogP contribution in [0.5, 0.6) is 5.88 Å². The molecule has 29 heavy (non-hydrogen) atoms. The molecule has 1 amide bonds. The minimum absolute atomic E-state index is 0.0276. The first-order chi connectivity index (χ1) is 13.9. The van der Waals surface area contributed by atoms with Crippen LogP contribution in [-0.2, 0) is 0 Å². The Balaban J connectivity index is 1.60. The van der Waals surface area contributed by atoms with Crippen LogP contribution in [0.25, 0.3) is 10.8 Å². The molecule has 2 heterocycles. The maximum absolute atomic E-state index is 15.0. The van der Waals surface area contributed by atoms with Gasteiger partial charge in [0.1, 0.15) is 17.6 Å². The Morgan fingerprint density at radius 1 is 1.21 bits per heavy atom. The van der Waals surface area contributed by atoms with E-state index in [9.17, 15) is 9.18 Å². The molecule has 1 unspecified atom stereocenters. The van der Waals surface area contributed by atoms with E-state index in [4.69, 9.17) is 4.74 Å². The van der Waals surface area contributed by atoms with Gasteiger partial charge in [-0.15, -0.1) is 0 Å². The number of aromatic nitrogens is 2. The van der Waals surface area contributed by atoms with E-state index in [1.165, 1.54) is 18.7 Å². The highest BCUT2D eigenvalue weighted by Gasteiger charge is 2.30. The van der Waals surface area contributed by atoms with E-state index in [-0.39, 0.29) is 23.1 Å². The van der Waals surface area contributed by atoms with Crippen molar-refractivity contribution in [2.24, 2.45) is 5.41 Å². The van der Waals surface area contributed by atoms with Crippen LogP contribution in [0.15, 0.2) is 48.8 Å². The van der Waals surface area contributed by atoms with Crippen molar-refractivity contribution in [3.8, 4) is 5.88 Å². The average Bonchev–Trinajstić information content (AvgIpc) is 2.68. The lowest BCUT2D eigenvalue weighted by Crippen LogP contribution is -2.30. The summed E-state index contributed by atoms with van der Waals surface area (Å²) >= 11 is 0. The van der Waals surface area contributed by atoms with Gasteiger partial charge in [-0.25, -0.2) is 9.37 Å². The molecular formula is C23H24FN3O2. The van der Waals surface area contributed by atoms with Crippen LogP contribution in [0.2, 0.25) is 0 Å². The van der Waals surface area contributed by atoms with Crippen LogP contribution in [0.3, 0.4) is 0 Å². The molecule has 1 atom stereocenters. The highest BCUT2D eigenvalue weighted by Crippen LogP contribution is 2.38. The van der Waals surface area contributed by atoms with Crippen LogP contribution in [-0.4, -0.2) is 22.0 Å². The summed E-state index contributed by atoms with van der Waals surface area (Å²) in [5.41, 5.74) is 0.850. The summed E-state index contributed by atoms with van der Waals surface area (Å²) in [6, 6.07) is 9.79. The first-order valence-electron chi connectivity index (χ1n) is 9.89. The lowest BCUT2D eigenvalue weighted by molar-refractivity contribution is 0.0826. The number of hydrogen-bond donors (Lipinski definition) is 1. The molecule has 0 bridgehead atoms. The van der Waals surface area contributed by atoms with Gasteiger partial charge < -0.3 is 10.1 Å². The molecule has 1 fully saturated rings. The van der Waals surface area contributed by atoms with Crippen molar-refractivity contribution in [1.82, 2.24) is 9.97 Å². The van der Waals surface area contributed by atoms with E-state index >= 15 is 0 Å². The first-order valence-corrected chi connectivity index (χ1v) is 9.89. The predicted molar refractivity (Wildman–Crippen MR) is 111 cm³/mol. The minimum Gasteiger partial charge on any atom is -0.474 e. The minimum atomic E-state index is -0.475. The number of anilines is 1. The van der Waals surface area contributed by atoms with Crippen molar-refractivity contribution >= 4 is 22.4 Å². The van der Waals surface area contributed by atoms with Crippen molar-refractivity contribution in [1.29, 1.82) is 0 Å². The Labute approximate surface area is 169 Å². The molecule has 3 aromatic rings. The highest BCUT2D eigenvalue weighted by atomic mass is 19.1. The SMILES string of the molecule is CC1(C)CCCC(Oc2nccc3cc(NC(=O)c4ccccn4)cc(F)c23)C1. The van der Waals surface area contributed by atoms with Crippen LogP contribution in [0.4, 0.5) is 10.1 Å². The Bertz CT molecular complexity index is 1040. The Morgan fingerprint density at radius 2 is 2.07 bits per heavy atom. The third-order valence-corrected chi connectivity index (χ3v) is 5.37. The standard InChI is InChI=1S/C23H24FN3O2/c1-23(2)9-5-6-17(14-23)29-22-20-15(8-11-26-22)12-16(13-18(20)24)27-21(28)19-7-3-4-10-25-19/h3-4,7-8,10-13,17H,5-6,9,14H2,1-2H3,(H,27,28). The smallest absolute Gasteiger partial charge is 0.274 e. The van der Waals surface area contributed by atoms with Gasteiger partial charge >= 0.3 is 0 Å². The third kappa shape index (κ3) is 4.36. The molecule has 1 N–H and O–H groups in total. The number of fused-ring (bicyclic) bond motifs is 1. The van der Waals surface area contributed by atoms with Crippen molar-refractivity contribution < 1.29 is 13.9 Å². The number of hydrogen-bond acceptors (Lipinski definition) is 4. The zero-order valence-electron chi connectivity index (χ0n) is 16.6. The molecule has 1 aromatic carbocycles. The predicted octanol–water partition coefficient (Wildman–Crippen LogP) is 5.37. The molecule has 0 saturated heterocycles. The number of halogens is 1. The Morgan fingerprint density at radius 3 is 2.83 bits per heavy atom. The molecule has 1 aliphatic carbocycles. The van der Waals surface area contributed by atoms with Gasteiger partial charge in [-0.05, 0) is 66.8 Å². The molecule has 2 aromatic heterocycles. The van der Waals surface area contributed by atoms with E-state index in [1.807, 2.05) is 0 Å². The van der Waals surface area contributed by atoms with Gasteiger partial charge in [-0.1, -0.05) is 19.9 Å². The zero-order chi connectivity index (χ0) is 20.4. The number of pyridine rings is 2. The number of benzene rings is 1. The number of amides is 1. The van der Waals surface area contributed by atoms with Gasteiger partial charge in [0.25, 0.3) is 5.91 Å². The second-order valence-corrected chi connectivity index (χ2v) is 8.34. The number of nitrogens with zero attached hydrogens (tertiary/aromatic N) is 2. The average molecular weight is 393 g/mol. The number of nitrogens with one attached hydrogen (secondary N) is 1. The van der Waals surface area contributed by atoms with Gasteiger partial charge in [0, 0.05) is 18.1 Å². The third-order valence-electron chi connectivity index (χ3n) is 5.37. The summed E-state index contributed by atoms with van der Waals surface area (Å²) in [4.78, 5) is 20.6. The van der Waals surface area contributed by atoms with Crippen molar-refractivity contribution in [3.63, 3.8) is 0 Å². The molecule has 4 rings (SSSR count). The molecule has 5 nitrogen and oxygen atoms in total. The van der Waals surface area contributed by atoms with Gasteiger partial charge in [0.05, 0.1) is 5.39 Å². The monoisotopic (exact) mass is 393 g/mol. The van der Waals surface area contributed by atoms with E-state index in [2.05, 4.69) is 29.1 Å². The maximum atomic E-state index is 15.0. The quantitative estimate of drug-likeness (QED) is 0.647. The molecule has 0 spiro atoms. The second kappa shape index (κ2) is 7.78. The molecule has 0 radical (unpaired) electrons. The summed E-state index contributed by atoms with van der Waals surface area (Å²) in [5.74, 6) is -0.554. The number of rotatable bonds is 4. The van der Waals surface area contributed by atoms with Gasteiger partial charge in [0.15, 0.2) is 0 Å². The number of carbonyl (C=O) groups is 1. The molecular weight excluding hydrogens is 369 g/mol. The fourth-order valence-electron chi connectivity index (χ4n) is 3.98. The van der Waals surface area contributed by atoms with E-state index in [0.29, 0.717) is 22.3 Å². The lowest BCUT2D eigenvalue weighted by atomic mass is 9.76. The van der Waals surface area contributed by atoms with Gasteiger partial charge in [-0.2, -0.15) is 0 Å². The molecule has 1 aliphatic rings. The largest absolute Gasteiger partial charge is 0.474 e. The first kappa shape index (κ1) is 19.3. The van der Waals surface area contributed by atoms with Gasteiger partial charge in [-0.3, -0.25) is 9.78 Å². The summed E-state index contributed by atoms with van der Waals surface area (Å²) in [7, 11) is 0. The molecule has 150 valence electrons. The topological polar surface area (TPSA) is 64.1 Å². The Hall–Kier alpha value is -3.02. The van der Waals surface area contributed by atoms with E-state index in [1.54, 1.807) is 36.5 Å². The zero-order valence-corrected chi connectivity index (χ0v) is 16.6. The Kier molecular flexibility index (Phi) is 5.18. The van der Waals surface area contributed by atoms with Crippen molar-refractivity contribution in [2.75, 3.05) is 5.32 Å². The van der Waals surface area contributed by atoms with Crippen molar-refractivity contribution in [2.45, 2.75) is 45.6 Å². The number of ether oxygens (including phenoxy) is 1. The summed E-state index contributed by atoms with van der Waals surface area (Å²) in [6.45, 7) is 4.46. The normalized spacial score (nSPS) is 18.4. The molecule has 6 heteroatoms. The fourth-order valence-corrected chi connectivity index (χ4v) is 3.98. The second-order valence-electron chi connectivity index (χ2n) is 8.34. The highest BCUT2D eigenvalue weighted by molar-refractivity contribution is 6.04.